The van der Waals surface area contributed by atoms with Gasteiger partial charge in [0, 0.05) is 12.0 Å². The topological polar surface area (TPSA) is 81.8 Å². The van der Waals surface area contributed by atoms with Crippen LogP contribution in [-0.4, -0.2) is 34.4 Å². The number of carbonyl (C=O) groups is 1. The summed E-state index contributed by atoms with van der Waals surface area (Å²) >= 11 is 0. The van der Waals surface area contributed by atoms with Gasteiger partial charge in [0.05, 0.1) is 19.3 Å². The van der Waals surface area contributed by atoms with E-state index in [0.29, 0.717) is 25.0 Å². The third-order valence-corrected chi connectivity index (χ3v) is 5.78. The Morgan fingerprint density at radius 2 is 2.00 bits per heavy atom. The minimum atomic E-state index is -1.16. The van der Waals surface area contributed by atoms with Crippen LogP contribution in [0.25, 0.3) is 11.5 Å². The molecule has 0 spiro atoms. The smallest absolute Gasteiger partial charge is 0.335 e. The van der Waals surface area contributed by atoms with Crippen LogP contribution < -0.4 is 0 Å². The van der Waals surface area contributed by atoms with Gasteiger partial charge >= 0.3 is 5.97 Å². The number of aromatic nitrogens is 1. The van der Waals surface area contributed by atoms with Crippen molar-refractivity contribution in [2.75, 3.05) is 6.61 Å². The highest BCUT2D eigenvalue weighted by Gasteiger charge is 2.31. The van der Waals surface area contributed by atoms with Gasteiger partial charge in [0.15, 0.2) is 5.60 Å². The van der Waals surface area contributed by atoms with E-state index in [1.807, 2.05) is 12.1 Å². The fourth-order valence-electron chi connectivity index (χ4n) is 3.72. The Labute approximate surface area is 178 Å². The first-order valence-electron chi connectivity index (χ1n) is 10.8. The molecule has 1 aromatic heterocycles. The van der Waals surface area contributed by atoms with Gasteiger partial charge in [0.2, 0.25) is 5.89 Å². The van der Waals surface area contributed by atoms with E-state index in [-0.39, 0.29) is 6.10 Å². The van der Waals surface area contributed by atoms with Crippen molar-refractivity contribution in [1.82, 2.24) is 4.98 Å². The Kier molecular flexibility index (Phi) is 7.32. The van der Waals surface area contributed by atoms with Crippen molar-refractivity contribution in [3.8, 4) is 11.5 Å². The molecule has 1 saturated carbocycles. The van der Waals surface area contributed by atoms with E-state index in [1.54, 1.807) is 13.8 Å². The SMILES string of the molecule is CCc1oc(-c2ccc(C)cc2)nc1COC1CCCC(COC(C)(C)C(=O)O)C1. The second-order valence-electron chi connectivity index (χ2n) is 8.70. The number of aryl methyl sites for hydroxylation is 2. The molecule has 0 amide bonds. The fraction of sp³-hybridized carbons (Fsp3) is 0.583. The van der Waals surface area contributed by atoms with Gasteiger partial charge in [-0.05, 0) is 58.1 Å². The predicted octanol–water partition coefficient (Wildman–Crippen LogP) is 5.17. The average molecular weight is 416 g/mol. The predicted molar refractivity (Wildman–Crippen MR) is 114 cm³/mol. The van der Waals surface area contributed by atoms with Crippen LogP contribution in [-0.2, 0) is 27.3 Å². The maximum absolute atomic E-state index is 11.2. The Hall–Kier alpha value is -2.18. The molecular formula is C24H33NO5. The molecule has 2 aromatic rings. The number of carboxylic acid groups (broad SMARTS) is 1. The van der Waals surface area contributed by atoms with Gasteiger partial charge in [-0.15, -0.1) is 0 Å². The van der Waals surface area contributed by atoms with Crippen molar-refractivity contribution in [2.45, 2.75) is 78.1 Å². The lowest BCUT2D eigenvalue weighted by molar-refractivity contribution is -0.163. The Balaban J connectivity index is 1.57. The summed E-state index contributed by atoms with van der Waals surface area (Å²) in [5.74, 6) is 0.878. The van der Waals surface area contributed by atoms with E-state index in [2.05, 4.69) is 26.0 Å². The van der Waals surface area contributed by atoms with Crippen LogP contribution in [0.3, 0.4) is 0 Å². The maximum atomic E-state index is 11.2. The number of benzene rings is 1. The van der Waals surface area contributed by atoms with E-state index < -0.39 is 11.6 Å². The van der Waals surface area contributed by atoms with Crippen LogP contribution in [0.4, 0.5) is 0 Å². The maximum Gasteiger partial charge on any atom is 0.335 e. The molecule has 164 valence electrons. The molecule has 1 aliphatic carbocycles. The van der Waals surface area contributed by atoms with Crippen LogP contribution in [0.15, 0.2) is 28.7 Å². The van der Waals surface area contributed by atoms with Crippen molar-refractivity contribution < 1.29 is 23.8 Å². The number of ether oxygens (including phenoxy) is 2. The third kappa shape index (κ3) is 5.70. The van der Waals surface area contributed by atoms with E-state index in [0.717, 1.165) is 49.1 Å². The fourth-order valence-corrected chi connectivity index (χ4v) is 3.72. The highest BCUT2D eigenvalue weighted by atomic mass is 16.5. The molecule has 1 aromatic carbocycles. The molecule has 0 aliphatic heterocycles. The quantitative estimate of drug-likeness (QED) is 0.609. The summed E-state index contributed by atoms with van der Waals surface area (Å²) < 4.78 is 17.8. The van der Waals surface area contributed by atoms with E-state index in [4.69, 9.17) is 18.9 Å². The Morgan fingerprint density at radius 1 is 1.27 bits per heavy atom. The van der Waals surface area contributed by atoms with Crippen molar-refractivity contribution in [1.29, 1.82) is 0 Å². The number of hydrogen-bond donors (Lipinski definition) is 1. The van der Waals surface area contributed by atoms with Gasteiger partial charge in [-0.25, -0.2) is 9.78 Å². The summed E-state index contributed by atoms with van der Waals surface area (Å²) in [5, 5.41) is 9.21. The van der Waals surface area contributed by atoms with Gasteiger partial charge in [-0.2, -0.15) is 0 Å². The van der Waals surface area contributed by atoms with Crippen molar-refractivity contribution in [2.24, 2.45) is 5.92 Å². The number of hydrogen-bond acceptors (Lipinski definition) is 5. The lowest BCUT2D eigenvalue weighted by atomic mass is 9.87. The number of oxazole rings is 1. The van der Waals surface area contributed by atoms with Crippen LogP contribution in [0.5, 0.6) is 0 Å². The summed E-state index contributed by atoms with van der Waals surface area (Å²) in [6.07, 6.45) is 4.87. The minimum absolute atomic E-state index is 0.129. The monoisotopic (exact) mass is 415 g/mol. The Bertz CT molecular complexity index is 840. The number of nitrogens with zero attached hydrogens (tertiary/aromatic N) is 1. The molecule has 6 heteroatoms. The minimum Gasteiger partial charge on any atom is -0.479 e. The second-order valence-corrected chi connectivity index (χ2v) is 8.70. The van der Waals surface area contributed by atoms with Crippen LogP contribution in [0.1, 0.15) is 63.5 Å². The Morgan fingerprint density at radius 3 is 2.67 bits per heavy atom. The summed E-state index contributed by atoms with van der Waals surface area (Å²) in [5.41, 5.74) is 1.87. The second kappa shape index (κ2) is 9.75. The molecule has 6 nitrogen and oxygen atoms in total. The van der Waals surface area contributed by atoms with Crippen LogP contribution in [0.2, 0.25) is 0 Å². The molecule has 1 fully saturated rings. The third-order valence-electron chi connectivity index (χ3n) is 5.78. The first-order chi connectivity index (χ1) is 14.3. The van der Waals surface area contributed by atoms with Crippen molar-refractivity contribution in [3.05, 3.63) is 41.3 Å². The highest BCUT2D eigenvalue weighted by molar-refractivity contribution is 5.76. The molecule has 1 aliphatic rings. The summed E-state index contributed by atoms with van der Waals surface area (Å²) in [6.45, 7) is 8.17. The molecule has 1 heterocycles. The molecule has 2 atom stereocenters. The van der Waals surface area contributed by atoms with Gasteiger partial charge in [-0.1, -0.05) is 31.0 Å². The van der Waals surface area contributed by atoms with Gasteiger partial charge in [-0.3, -0.25) is 0 Å². The normalized spacial score (nSPS) is 19.7. The lowest BCUT2D eigenvalue weighted by Gasteiger charge is -2.31. The molecule has 2 unspecified atom stereocenters. The van der Waals surface area contributed by atoms with Crippen LogP contribution in [0, 0.1) is 12.8 Å². The van der Waals surface area contributed by atoms with Crippen molar-refractivity contribution in [3.63, 3.8) is 0 Å². The number of rotatable bonds is 9. The summed E-state index contributed by atoms with van der Waals surface area (Å²) in [6, 6.07) is 8.15. The first kappa shape index (κ1) is 22.5. The largest absolute Gasteiger partial charge is 0.479 e. The number of carboxylic acids is 1. The number of aliphatic carboxylic acids is 1. The highest BCUT2D eigenvalue weighted by Crippen LogP contribution is 2.29. The van der Waals surface area contributed by atoms with Gasteiger partial charge in [0.25, 0.3) is 0 Å². The summed E-state index contributed by atoms with van der Waals surface area (Å²) in [4.78, 5) is 15.9. The molecule has 0 bridgehead atoms. The lowest BCUT2D eigenvalue weighted by Crippen LogP contribution is -2.37. The first-order valence-corrected chi connectivity index (χ1v) is 10.8. The molecule has 3 rings (SSSR count). The van der Waals surface area contributed by atoms with Gasteiger partial charge < -0.3 is 19.0 Å². The molecular weight excluding hydrogens is 382 g/mol. The van der Waals surface area contributed by atoms with E-state index in [9.17, 15) is 9.90 Å². The van der Waals surface area contributed by atoms with E-state index in [1.165, 1.54) is 5.56 Å². The van der Waals surface area contributed by atoms with Crippen molar-refractivity contribution >= 4 is 5.97 Å². The molecule has 1 N–H and O–H groups in total. The zero-order valence-electron chi connectivity index (χ0n) is 18.4. The standard InChI is InChI=1S/C24H33NO5/c1-5-21-20(25-22(30-21)18-11-9-16(2)10-12-18)15-28-19-8-6-7-17(13-19)14-29-24(3,4)23(26)27/h9-12,17,19H,5-8,13-15H2,1-4H3,(H,26,27). The molecule has 0 saturated heterocycles. The molecule has 0 radical (unpaired) electrons. The zero-order chi connectivity index (χ0) is 21.7. The average Bonchev–Trinajstić information content (AvgIpc) is 3.15. The zero-order valence-corrected chi connectivity index (χ0v) is 18.4. The van der Waals surface area contributed by atoms with Gasteiger partial charge in [0.1, 0.15) is 11.5 Å². The molecule has 30 heavy (non-hydrogen) atoms. The van der Waals surface area contributed by atoms with E-state index >= 15 is 0 Å². The summed E-state index contributed by atoms with van der Waals surface area (Å²) in [7, 11) is 0. The van der Waals surface area contributed by atoms with Crippen LogP contribution >= 0.6 is 0 Å².